The van der Waals surface area contributed by atoms with Gasteiger partial charge in [-0.15, -0.1) is 0 Å². The molecule has 2 aliphatic rings. The molecule has 0 bridgehead atoms. The van der Waals surface area contributed by atoms with E-state index in [-0.39, 0.29) is 24.6 Å². The van der Waals surface area contributed by atoms with Gasteiger partial charge in [0.1, 0.15) is 5.75 Å². The lowest BCUT2D eigenvalue weighted by atomic mass is 9.78. The van der Waals surface area contributed by atoms with Gasteiger partial charge in [0.15, 0.2) is 12.1 Å². The summed E-state index contributed by atoms with van der Waals surface area (Å²) in [4.78, 5) is 4.03. The number of fused-ring (bicyclic) bond motifs is 2. The molecule has 0 aliphatic carbocycles. The second-order valence-electron chi connectivity index (χ2n) is 6.27. The van der Waals surface area contributed by atoms with Gasteiger partial charge < -0.3 is 15.2 Å². The molecule has 4 nitrogen and oxygen atoms in total. The van der Waals surface area contributed by atoms with Crippen molar-refractivity contribution in [3.63, 3.8) is 0 Å². The monoisotopic (exact) mass is 398 g/mol. The van der Waals surface area contributed by atoms with E-state index in [0.717, 1.165) is 0 Å². The van der Waals surface area contributed by atoms with E-state index in [1.165, 1.54) is 0 Å². The van der Waals surface area contributed by atoms with Crippen LogP contribution in [-0.2, 0) is 10.3 Å². The molecule has 2 aliphatic heterocycles. The summed E-state index contributed by atoms with van der Waals surface area (Å²) >= 11 is 12.1. The van der Waals surface area contributed by atoms with Gasteiger partial charge in [-0.1, -0.05) is 29.3 Å². The number of benzene rings is 2. The Morgan fingerprint density at radius 3 is 2.46 bits per heavy atom. The number of rotatable bonds is 1. The maximum absolute atomic E-state index is 14.9. The van der Waals surface area contributed by atoms with Crippen molar-refractivity contribution in [2.75, 3.05) is 13.2 Å². The van der Waals surface area contributed by atoms with Crippen molar-refractivity contribution < 1.29 is 18.3 Å². The molecule has 8 heteroatoms. The zero-order valence-electron chi connectivity index (χ0n) is 13.4. The lowest BCUT2D eigenvalue weighted by molar-refractivity contribution is -0.132. The Morgan fingerprint density at radius 1 is 1.00 bits per heavy atom. The van der Waals surface area contributed by atoms with Crippen molar-refractivity contribution in [2.24, 2.45) is 10.7 Å². The fourth-order valence-electron chi connectivity index (χ4n) is 3.40. The van der Waals surface area contributed by atoms with Gasteiger partial charge in [-0.05, 0) is 41.5 Å². The third-order valence-electron chi connectivity index (χ3n) is 4.65. The molecule has 0 saturated heterocycles. The van der Waals surface area contributed by atoms with Crippen molar-refractivity contribution in [1.29, 1.82) is 0 Å². The van der Waals surface area contributed by atoms with Crippen LogP contribution in [0.25, 0.3) is 11.1 Å². The van der Waals surface area contributed by atoms with E-state index in [9.17, 15) is 8.78 Å². The minimum Gasteiger partial charge on any atom is -0.493 e. The van der Waals surface area contributed by atoms with E-state index < -0.39 is 18.1 Å². The van der Waals surface area contributed by atoms with Crippen LogP contribution in [-0.4, -0.2) is 25.2 Å². The van der Waals surface area contributed by atoms with Gasteiger partial charge in [-0.3, -0.25) is 0 Å². The molecule has 2 aromatic rings. The lowest BCUT2D eigenvalue weighted by Crippen LogP contribution is -2.54. The smallest absolute Gasteiger partial charge is 0.310 e. The van der Waals surface area contributed by atoms with Gasteiger partial charge in [0, 0.05) is 22.0 Å². The summed E-state index contributed by atoms with van der Waals surface area (Å²) in [6.45, 7) is -0.712. The third kappa shape index (κ3) is 2.68. The van der Waals surface area contributed by atoms with E-state index in [1.54, 1.807) is 36.4 Å². The van der Waals surface area contributed by atoms with E-state index in [4.69, 9.17) is 38.4 Å². The van der Waals surface area contributed by atoms with Crippen LogP contribution in [0.15, 0.2) is 41.4 Å². The Balaban J connectivity index is 1.92. The van der Waals surface area contributed by atoms with Crippen LogP contribution in [0.4, 0.5) is 8.78 Å². The predicted molar refractivity (Wildman–Crippen MR) is 96.2 cm³/mol. The van der Waals surface area contributed by atoms with Gasteiger partial charge in [0.2, 0.25) is 0 Å². The summed E-state index contributed by atoms with van der Waals surface area (Å²) in [5, 5.41) is 0.907. The number of alkyl halides is 2. The van der Waals surface area contributed by atoms with E-state index in [0.29, 0.717) is 26.9 Å². The highest BCUT2D eigenvalue weighted by Gasteiger charge is 2.60. The Kier molecular flexibility index (Phi) is 4.00. The average Bonchev–Trinajstić information content (AvgIpc) is 2.58. The number of aliphatic imine (C=N–C) groups is 1. The van der Waals surface area contributed by atoms with Gasteiger partial charge in [0.25, 0.3) is 6.02 Å². The highest BCUT2D eigenvalue weighted by Crippen LogP contribution is 2.52. The number of halogens is 4. The lowest BCUT2D eigenvalue weighted by Gasteiger charge is -2.43. The van der Waals surface area contributed by atoms with E-state index >= 15 is 0 Å². The first-order chi connectivity index (χ1) is 12.3. The van der Waals surface area contributed by atoms with Crippen LogP contribution in [0, 0.1) is 0 Å². The van der Waals surface area contributed by atoms with Gasteiger partial charge in [-0.2, -0.15) is 8.78 Å². The van der Waals surface area contributed by atoms with Crippen LogP contribution in [0.5, 0.6) is 5.75 Å². The molecule has 2 heterocycles. The molecule has 136 valence electrons. The first-order valence-electron chi connectivity index (χ1n) is 7.90. The Morgan fingerprint density at radius 2 is 1.73 bits per heavy atom. The zero-order chi connectivity index (χ0) is 18.5. The van der Waals surface area contributed by atoms with E-state index in [2.05, 4.69) is 4.99 Å². The molecule has 2 aromatic carbocycles. The maximum atomic E-state index is 14.9. The molecule has 1 spiro atoms. The van der Waals surface area contributed by atoms with Crippen molar-refractivity contribution in [3.8, 4) is 16.9 Å². The molecule has 2 N–H and O–H groups in total. The minimum atomic E-state index is -3.22. The molecule has 0 fully saturated rings. The number of ether oxygens (including phenoxy) is 2. The van der Waals surface area contributed by atoms with Crippen molar-refractivity contribution in [3.05, 3.63) is 52.0 Å². The summed E-state index contributed by atoms with van der Waals surface area (Å²) in [6, 6.07) is 9.83. The summed E-state index contributed by atoms with van der Waals surface area (Å²) in [6.07, 6.45) is -0.00316. The Bertz CT molecular complexity index is 900. The molecule has 0 unspecified atom stereocenters. The van der Waals surface area contributed by atoms with Crippen molar-refractivity contribution in [1.82, 2.24) is 0 Å². The van der Waals surface area contributed by atoms with Crippen LogP contribution >= 0.6 is 23.2 Å². The van der Waals surface area contributed by atoms with Crippen molar-refractivity contribution in [2.45, 2.75) is 17.9 Å². The van der Waals surface area contributed by atoms with Gasteiger partial charge in [-0.25, -0.2) is 4.99 Å². The molecule has 4 rings (SSSR count). The van der Waals surface area contributed by atoms with Gasteiger partial charge in [0.05, 0.1) is 6.61 Å². The van der Waals surface area contributed by atoms with Crippen LogP contribution in [0.3, 0.4) is 0 Å². The van der Waals surface area contributed by atoms with Crippen LogP contribution in [0.2, 0.25) is 10.0 Å². The topological polar surface area (TPSA) is 56.8 Å². The summed E-state index contributed by atoms with van der Waals surface area (Å²) < 4.78 is 40.1. The first kappa shape index (κ1) is 17.4. The summed E-state index contributed by atoms with van der Waals surface area (Å²) in [7, 11) is 0. The fourth-order valence-corrected chi connectivity index (χ4v) is 3.93. The van der Waals surface area contributed by atoms with E-state index in [1.807, 2.05) is 0 Å². The molecule has 0 amide bonds. The summed E-state index contributed by atoms with van der Waals surface area (Å²) in [5.41, 5.74) is 5.46. The van der Waals surface area contributed by atoms with Gasteiger partial charge >= 0.3 is 5.92 Å². The highest BCUT2D eigenvalue weighted by molar-refractivity contribution is 6.35. The molecule has 1 atom stereocenters. The quantitative estimate of drug-likeness (QED) is 0.762. The van der Waals surface area contributed by atoms with Crippen LogP contribution in [0.1, 0.15) is 12.0 Å². The van der Waals surface area contributed by atoms with Crippen molar-refractivity contribution >= 4 is 29.2 Å². The second-order valence-corrected chi connectivity index (χ2v) is 7.14. The molecule has 0 radical (unpaired) electrons. The molecular formula is C18H14Cl2F2N2O2. The second kappa shape index (κ2) is 5.99. The standard InChI is InChI=1S/C18H14Cl2F2N2O2/c19-12-5-11(6-13(20)8-12)10-1-2-15-14(7-10)17(3-4-25-15)18(21,22)9-26-16(23)24-17/h1-2,5-8H,3-4,9H2,(H2,23,24)/t17-/m1/s1. The normalized spacial score (nSPS) is 23.6. The largest absolute Gasteiger partial charge is 0.493 e. The molecule has 0 saturated carbocycles. The third-order valence-corrected chi connectivity index (χ3v) is 5.09. The maximum Gasteiger partial charge on any atom is 0.310 e. The van der Waals surface area contributed by atoms with Crippen LogP contribution < -0.4 is 10.5 Å². The number of nitrogens with two attached hydrogens (primary N) is 1. The highest BCUT2D eigenvalue weighted by atomic mass is 35.5. The Hall–Kier alpha value is -2.05. The minimum absolute atomic E-state index is 0.00316. The molecule has 0 aromatic heterocycles. The summed E-state index contributed by atoms with van der Waals surface area (Å²) in [5.74, 6) is -2.87. The predicted octanol–water partition coefficient (Wildman–Crippen LogP) is 4.62. The molecule has 26 heavy (non-hydrogen) atoms. The number of hydrogen-bond acceptors (Lipinski definition) is 4. The number of nitrogens with zero attached hydrogens (tertiary/aromatic N) is 1. The zero-order valence-corrected chi connectivity index (χ0v) is 15.0. The SMILES string of the molecule is NC1=N[C@@]2(CCOc3ccc(-c4cc(Cl)cc(Cl)c4)cc32)C(F)(F)CO1. The molecular weight excluding hydrogens is 385 g/mol. The first-order valence-corrected chi connectivity index (χ1v) is 8.66. The number of amidine groups is 1. The fraction of sp³-hybridized carbons (Fsp3) is 0.278. The average molecular weight is 399 g/mol. The Labute approximate surface area is 158 Å². The number of hydrogen-bond donors (Lipinski definition) is 1.